The second-order valence-electron chi connectivity index (χ2n) is 7.12. The lowest BCUT2D eigenvalue weighted by atomic mass is 9.98. The van der Waals surface area contributed by atoms with Gasteiger partial charge in [-0.2, -0.15) is 0 Å². The molecule has 1 aliphatic rings. The summed E-state index contributed by atoms with van der Waals surface area (Å²) in [6.07, 6.45) is 1.93. The Hall–Kier alpha value is -3.67. The quantitative estimate of drug-likeness (QED) is 0.519. The van der Waals surface area contributed by atoms with Crippen LogP contribution in [0.4, 0.5) is 0 Å². The molecule has 5 rings (SSSR count). The van der Waals surface area contributed by atoms with Gasteiger partial charge in [0.2, 0.25) is 5.76 Å². The van der Waals surface area contributed by atoms with Crippen molar-refractivity contribution in [2.75, 3.05) is 6.54 Å². The third kappa shape index (κ3) is 3.12. The zero-order chi connectivity index (χ0) is 19.8. The van der Waals surface area contributed by atoms with Crippen LogP contribution in [0.5, 0.6) is 0 Å². The van der Waals surface area contributed by atoms with Crippen LogP contribution >= 0.6 is 0 Å². The Morgan fingerprint density at radius 2 is 1.72 bits per heavy atom. The molecule has 0 aliphatic carbocycles. The number of benzene rings is 2. The molecule has 0 saturated heterocycles. The number of rotatable bonds is 3. The average Bonchev–Trinajstić information content (AvgIpc) is 3.39. The fourth-order valence-corrected chi connectivity index (χ4v) is 3.71. The summed E-state index contributed by atoms with van der Waals surface area (Å²) in [4.78, 5) is 18.6. The van der Waals surface area contributed by atoms with Crippen LogP contribution in [-0.2, 0) is 13.0 Å². The summed E-state index contributed by atoms with van der Waals surface area (Å²) < 4.78 is 10.9. The maximum absolute atomic E-state index is 12.8. The first-order valence-electron chi connectivity index (χ1n) is 9.53. The highest BCUT2D eigenvalue weighted by Gasteiger charge is 2.30. The van der Waals surface area contributed by atoms with Crippen molar-refractivity contribution in [2.24, 2.45) is 0 Å². The summed E-state index contributed by atoms with van der Waals surface area (Å²) in [5.41, 5.74) is 5.62. The number of carbonyl (C=O) groups excluding carboxylic acids is 1. The van der Waals surface area contributed by atoms with Gasteiger partial charge in [-0.25, -0.2) is 4.98 Å². The van der Waals surface area contributed by atoms with E-state index in [4.69, 9.17) is 8.94 Å². The first-order valence-corrected chi connectivity index (χ1v) is 9.53. The standard InChI is InChI=1S/C23H19N3O3/c1-15-22(28-14-24-15)23(27)26-12-11-20-19(13-26)21(25-29-20)18-9-7-17(8-10-18)16-5-3-2-4-6-16/h2-10,14H,11-13H2,1H3. The van der Waals surface area contributed by atoms with E-state index >= 15 is 0 Å². The predicted molar refractivity (Wildman–Crippen MR) is 107 cm³/mol. The van der Waals surface area contributed by atoms with E-state index in [0.717, 1.165) is 28.1 Å². The summed E-state index contributed by atoms with van der Waals surface area (Å²) in [7, 11) is 0. The Balaban J connectivity index is 1.42. The molecule has 6 heteroatoms. The van der Waals surface area contributed by atoms with Gasteiger partial charge >= 0.3 is 0 Å². The Morgan fingerprint density at radius 1 is 1.00 bits per heavy atom. The summed E-state index contributed by atoms with van der Waals surface area (Å²) in [5.74, 6) is 0.973. The molecule has 0 radical (unpaired) electrons. The van der Waals surface area contributed by atoms with E-state index in [-0.39, 0.29) is 5.91 Å². The molecule has 0 bridgehead atoms. The smallest absolute Gasteiger partial charge is 0.291 e. The number of nitrogens with zero attached hydrogens (tertiary/aromatic N) is 3. The Labute approximate surface area is 167 Å². The summed E-state index contributed by atoms with van der Waals surface area (Å²) in [5, 5.41) is 4.30. The molecule has 0 fully saturated rings. The molecular weight excluding hydrogens is 366 g/mol. The van der Waals surface area contributed by atoms with Gasteiger partial charge in [0.05, 0.1) is 12.2 Å². The van der Waals surface area contributed by atoms with Crippen LogP contribution < -0.4 is 0 Å². The lowest BCUT2D eigenvalue weighted by molar-refractivity contribution is 0.0696. The van der Waals surface area contributed by atoms with Gasteiger partial charge in [0.25, 0.3) is 5.91 Å². The number of amides is 1. The minimum atomic E-state index is -0.155. The van der Waals surface area contributed by atoms with Crippen LogP contribution in [-0.4, -0.2) is 27.5 Å². The van der Waals surface area contributed by atoms with Crippen molar-refractivity contribution >= 4 is 5.91 Å². The number of carbonyl (C=O) groups is 1. The van der Waals surface area contributed by atoms with E-state index in [1.807, 2.05) is 30.3 Å². The zero-order valence-corrected chi connectivity index (χ0v) is 16.0. The van der Waals surface area contributed by atoms with Crippen molar-refractivity contribution in [2.45, 2.75) is 19.9 Å². The van der Waals surface area contributed by atoms with Gasteiger partial charge in [0.15, 0.2) is 6.39 Å². The van der Waals surface area contributed by atoms with Crippen molar-refractivity contribution in [3.63, 3.8) is 0 Å². The summed E-state index contributed by atoms with van der Waals surface area (Å²) in [6, 6.07) is 18.5. The topological polar surface area (TPSA) is 72.4 Å². The van der Waals surface area contributed by atoms with Crippen molar-refractivity contribution < 1.29 is 13.7 Å². The van der Waals surface area contributed by atoms with Gasteiger partial charge in [-0.1, -0.05) is 59.8 Å². The first-order chi connectivity index (χ1) is 14.2. The highest BCUT2D eigenvalue weighted by atomic mass is 16.5. The molecular formula is C23H19N3O3. The third-order valence-corrected chi connectivity index (χ3v) is 5.32. The number of hydrogen-bond acceptors (Lipinski definition) is 5. The minimum Gasteiger partial charge on any atom is -0.438 e. The number of aromatic nitrogens is 2. The molecule has 2 aromatic heterocycles. The van der Waals surface area contributed by atoms with Crippen LogP contribution in [0, 0.1) is 6.92 Å². The maximum Gasteiger partial charge on any atom is 0.291 e. The molecule has 0 atom stereocenters. The fourth-order valence-electron chi connectivity index (χ4n) is 3.71. The predicted octanol–water partition coefficient (Wildman–Crippen LogP) is 4.50. The van der Waals surface area contributed by atoms with E-state index in [1.54, 1.807) is 11.8 Å². The molecule has 0 unspecified atom stereocenters. The van der Waals surface area contributed by atoms with Crippen LogP contribution in [0.1, 0.15) is 27.6 Å². The summed E-state index contributed by atoms with van der Waals surface area (Å²) >= 11 is 0. The Bertz CT molecular complexity index is 1160. The summed E-state index contributed by atoms with van der Waals surface area (Å²) in [6.45, 7) is 2.77. The Morgan fingerprint density at radius 3 is 2.45 bits per heavy atom. The molecule has 144 valence electrons. The normalized spacial score (nSPS) is 13.3. The van der Waals surface area contributed by atoms with E-state index in [1.165, 1.54) is 12.0 Å². The fraction of sp³-hybridized carbons (Fsp3) is 0.174. The number of aryl methyl sites for hydroxylation is 1. The number of oxazole rings is 1. The van der Waals surface area contributed by atoms with Crippen LogP contribution in [0.15, 0.2) is 69.9 Å². The zero-order valence-electron chi connectivity index (χ0n) is 16.0. The number of fused-ring (bicyclic) bond motifs is 1. The molecule has 3 heterocycles. The molecule has 0 N–H and O–H groups in total. The van der Waals surface area contributed by atoms with Crippen LogP contribution in [0.25, 0.3) is 22.4 Å². The van der Waals surface area contributed by atoms with Gasteiger partial charge < -0.3 is 13.8 Å². The highest BCUT2D eigenvalue weighted by molar-refractivity contribution is 5.92. The van der Waals surface area contributed by atoms with Gasteiger partial charge in [0.1, 0.15) is 11.5 Å². The monoisotopic (exact) mass is 385 g/mol. The molecule has 0 saturated carbocycles. The van der Waals surface area contributed by atoms with Crippen LogP contribution in [0.2, 0.25) is 0 Å². The van der Waals surface area contributed by atoms with E-state index < -0.39 is 0 Å². The van der Waals surface area contributed by atoms with Gasteiger partial charge in [-0.3, -0.25) is 4.79 Å². The van der Waals surface area contributed by atoms with Crippen molar-refractivity contribution in [1.29, 1.82) is 0 Å². The molecule has 4 aromatic rings. The van der Waals surface area contributed by atoms with Gasteiger partial charge in [-0.15, -0.1) is 0 Å². The Kier molecular flexibility index (Phi) is 4.24. The van der Waals surface area contributed by atoms with Crippen molar-refractivity contribution in [3.05, 3.63) is 83.8 Å². The van der Waals surface area contributed by atoms with Crippen molar-refractivity contribution in [1.82, 2.24) is 15.0 Å². The van der Waals surface area contributed by atoms with Gasteiger partial charge in [0, 0.05) is 24.1 Å². The first kappa shape index (κ1) is 17.4. The van der Waals surface area contributed by atoms with E-state index in [2.05, 4.69) is 34.4 Å². The van der Waals surface area contributed by atoms with Gasteiger partial charge in [-0.05, 0) is 18.1 Å². The lowest BCUT2D eigenvalue weighted by Gasteiger charge is -2.25. The second-order valence-corrected chi connectivity index (χ2v) is 7.12. The second kappa shape index (κ2) is 7.05. The molecule has 2 aromatic carbocycles. The van der Waals surface area contributed by atoms with E-state index in [9.17, 15) is 4.79 Å². The van der Waals surface area contributed by atoms with Crippen molar-refractivity contribution in [3.8, 4) is 22.4 Å². The SMILES string of the molecule is Cc1ncoc1C(=O)N1CCc2onc(-c3ccc(-c4ccccc4)cc3)c2C1. The third-order valence-electron chi connectivity index (χ3n) is 5.32. The molecule has 6 nitrogen and oxygen atoms in total. The lowest BCUT2D eigenvalue weighted by Crippen LogP contribution is -2.35. The average molecular weight is 385 g/mol. The number of hydrogen-bond donors (Lipinski definition) is 0. The van der Waals surface area contributed by atoms with E-state index in [0.29, 0.717) is 31.0 Å². The molecule has 29 heavy (non-hydrogen) atoms. The molecule has 1 amide bonds. The molecule has 1 aliphatic heterocycles. The minimum absolute atomic E-state index is 0.155. The van der Waals surface area contributed by atoms with Crippen LogP contribution in [0.3, 0.4) is 0 Å². The molecule has 0 spiro atoms. The highest BCUT2D eigenvalue weighted by Crippen LogP contribution is 2.32. The largest absolute Gasteiger partial charge is 0.438 e. The maximum atomic E-state index is 12.8.